The molecule has 0 heterocycles. The topological polar surface area (TPSA) is 38.3 Å². The monoisotopic (exact) mass is 225 g/mol. The van der Waals surface area contributed by atoms with E-state index in [1.807, 2.05) is 6.92 Å². The Morgan fingerprint density at radius 2 is 2.06 bits per heavy atom. The number of amides is 1. The van der Waals surface area contributed by atoms with Gasteiger partial charge in [-0.3, -0.25) is 0 Å². The third kappa shape index (κ3) is 3.13. The van der Waals surface area contributed by atoms with E-state index in [0.29, 0.717) is 0 Å². The highest BCUT2D eigenvalue weighted by molar-refractivity contribution is 5.67. The average molecular weight is 225 g/mol. The van der Waals surface area contributed by atoms with E-state index in [9.17, 15) is 4.79 Å². The second-order valence-corrected chi connectivity index (χ2v) is 5.93. The quantitative estimate of drug-likeness (QED) is 0.780. The van der Waals surface area contributed by atoms with Crippen LogP contribution < -0.4 is 5.32 Å². The molecule has 0 aromatic rings. The van der Waals surface area contributed by atoms with Gasteiger partial charge in [-0.25, -0.2) is 4.79 Å². The van der Waals surface area contributed by atoms with Crippen LogP contribution in [0, 0.1) is 11.3 Å². The number of nitrogens with one attached hydrogen (secondary N) is 1. The van der Waals surface area contributed by atoms with Crippen LogP contribution in [0.4, 0.5) is 4.79 Å². The first-order valence-corrected chi connectivity index (χ1v) is 6.47. The van der Waals surface area contributed by atoms with Gasteiger partial charge in [0.05, 0.1) is 0 Å². The van der Waals surface area contributed by atoms with Crippen molar-refractivity contribution in [3.63, 3.8) is 0 Å². The Morgan fingerprint density at radius 1 is 1.44 bits per heavy atom. The van der Waals surface area contributed by atoms with E-state index in [1.165, 1.54) is 25.7 Å². The van der Waals surface area contributed by atoms with Crippen LogP contribution in [0.3, 0.4) is 0 Å². The predicted molar refractivity (Wildman–Crippen MR) is 63.2 cm³/mol. The standard InChI is InChI=1S/C13H23NO2/c1-9(8-11-4-5-11)14-12(15)16-10(2)13(3)6-7-13/h9-11H,4-8H2,1-3H3,(H,14,15). The smallest absolute Gasteiger partial charge is 0.407 e. The molecule has 3 nitrogen and oxygen atoms in total. The fourth-order valence-electron chi connectivity index (χ4n) is 2.05. The summed E-state index contributed by atoms with van der Waals surface area (Å²) in [6.07, 6.45) is 5.92. The van der Waals surface area contributed by atoms with Crippen molar-refractivity contribution in [2.45, 2.75) is 65.0 Å². The summed E-state index contributed by atoms with van der Waals surface area (Å²) in [4.78, 5) is 11.6. The summed E-state index contributed by atoms with van der Waals surface area (Å²) in [7, 11) is 0. The molecule has 1 amide bonds. The van der Waals surface area contributed by atoms with Gasteiger partial charge in [0.25, 0.3) is 0 Å². The maximum Gasteiger partial charge on any atom is 0.407 e. The highest BCUT2D eigenvalue weighted by Crippen LogP contribution is 2.49. The van der Waals surface area contributed by atoms with Crippen molar-refractivity contribution in [2.24, 2.45) is 11.3 Å². The third-order valence-corrected chi connectivity index (χ3v) is 4.05. The van der Waals surface area contributed by atoms with Gasteiger partial charge in [-0.05, 0) is 39.0 Å². The van der Waals surface area contributed by atoms with Crippen molar-refractivity contribution >= 4 is 6.09 Å². The lowest BCUT2D eigenvalue weighted by Gasteiger charge is -2.21. The number of carbonyl (C=O) groups excluding carboxylic acids is 1. The molecule has 0 saturated heterocycles. The largest absolute Gasteiger partial charge is 0.446 e. The van der Waals surface area contributed by atoms with Crippen LogP contribution >= 0.6 is 0 Å². The zero-order valence-corrected chi connectivity index (χ0v) is 10.6. The normalized spacial score (nSPS) is 25.7. The molecule has 2 saturated carbocycles. The first kappa shape index (κ1) is 11.7. The van der Waals surface area contributed by atoms with E-state index in [-0.39, 0.29) is 23.7 Å². The van der Waals surface area contributed by atoms with Gasteiger partial charge in [0.15, 0.2) is 0 Å². The van der Waals surface area contributed by atoms with E-state index < -0.39 is 0 Å². The van der Waals surface area contributed by atoms with Crippen molar-refractivity contribution in [2.75, 3.05) is 0 Å². The molecule has 0 aliphatic heterocycles. The Labute approximate surface area is 97.9 Å². The molecule has 0 spiro atoms. The second kappa shape index (κ2) is 4.27. The van der Waals surface area contributed by atoms with Gasteiger partial charge >= 0.3 is 6.09 Å². The number of carbonyl (C=O) groups is 1. The van der Waals surface area contributed by atoms with E-state index in [0.717, 1.165) is 12.3 Å². The minimum absolute atomic E-state index is 0.0422. The molecule has 1 N–H and O–H groups in total. The fourth-order valence-corrected chi connectivity index (χ4v) is 2.05. The third-order valence-electron chi connectivity index (χ3n) is 4.05. The van der Waals surface area contributed by atoms with Crippen LogP contribution in [0.1, 0.15) is 52.9 Å². The Bertz CT molecular complexity index is 269. The minimum atomic E-state index is -0.242. The molecule has 16 heavy (non-hydrogen) atoms. The van der Waals surface area contributed by atoms with Crippen LogP contribution in [0.2, 0.25) is 0 Å². The Balaban J connectivity index is 1.66. The molecular formula is C13H23NO2. The highest BCUT2D eigenvalue weighted by atomic mass is 16.6. The van der Waals surface area contributed by atoms with Gasteiger partial charge in [-0.15, -0.1) is 0 Å². The Kier molecular flexibility index (Phi) is 3.13. The molecule has 92 valence electrons. The first-order valence-electron chi connectivity index (χ1n) is 6.47. The van der Waals surface area contributed by atoms with Crippen molar-refractivity contribution in [3.8, 4) is 0 Å². The average Bonchev–Trinajstić information content (AvgIpc) is 3.03. The van der Waals surface area contributed by atoms with Gasteiger partial charge in [0, 0.05) is 11.5 Å². The van der Waals surface area contributed by atoms with Crippen LogP contribution in [-0.2, 0) is 4.74 Å². The van der Waals surface area contributed by atoms with Crippen LogP contribution in [0.15, 0.2) is 0 Å². The summed E-state index contributed by atoms with van der Waals surface area (Å²) in [6, 6.07) is 0.249. The molecule has 0 aromatic heterocycles. The fraction of sp³-hybridized carbons (Fsp3) is 0.923. The maximum absolute atomic E-state index is 11.6. The lowest BCUT2D eigenvalue weighted by molar-refractivity contribution is 0.0668. The molecule has 2 aliphatic rings. The van der Waals surface area contributed by atoms with E-state index in [4.69, 9.17) is 4.74 Å². The van der Waals surface area contributed by atoms with Crippen molar-refractivity contribution in [3.05, 3.63) is 0 Å². The number of hydrogen-bond acceptors (Lipinski definition) is 2. The number of hydrogen-bond donors (Lipinski definition) is 1. The molecule has 2 aliphatic carbocycles. The van der Waals surface area contributed by atoms with Crippen molar-refractivity contribution < 1.29 is 9.53 Å². The number of ether oxygens (including phenoxy) is 1. The van der Waals surface area contributed by atoms with Crippen molar-refractivity contribution in [1.29, 1.82) is 0 Å². The van der Waals surface area contributed by atoms with Gasteiger partial charge in [-0.2, -0.15) is 0 Å². The molecule has 2 fully saturated rings. The summed E-state index contributed by atoms with van der Waals surface area (Å²) >= 11 is 0. The highest BCUT2D eigenvalue weighted by Gasteiger charge is 2.44. The van der Waals surface area contributed by atoms with Crippen LogP contribution in [0.5, 0.6) is 0 Å². The predicted octanol–water partition coefficient (Wildman–Crippen LogP) is 3.09. The van der Waals surface area contributed by atoms with Gasteiger partial charge in [-0.1, -0.05) is 19.8 Å². The molecule has 0 aromatic carbocycles. The molecule has 0 radical (unpaired) electrons. The Hall–Kier alpha value is -0.730. The minimum Gasteiger partial charge on any atom is -0.446 e. The van der Waals surface area contributed by atoms with Crippen molar-refractivity contribution in [1.82, 2.24) is 5.32 Å². The summed E-state index contributed by atoms with van der Waals surface area (Å²) in [5.74, 6) is 0.841. The summed E-state index contributed by atoms with van der Waals surface area (Å²) in [5, 5.41) is 2.92. The molecule has 0 bridgehead atoms. The zero-order valence-electron chi connectivity index (χ0n) is 10.6. The van der Waals surface area contributed by atoms with Gasteiger partial charge < -0.3 is 10.1 Å². The Morgan fingerprint density at radius 3 is 2.56 bits per heavy atom. The van der Waals surface area contributed by atoms with Crippen LogP contribution in [0.25, 0.3) is 0 Å². The number of rotatable bonds is 5. The zero-order chi connectivity index (χ0) is 11.8. The van der Waals surface area contributed by atoms with E-state index >= 15 is 0 Å². The lowest BCUT2D eigenvalue weighted by Crippen LogP contribution is -2.36. The van der Waals surface area contributed by atoms with E-state index in [2.05, 4.69) is 19.2 Å². The summed E-state index contributed by atoms with van der Waals surface area (Å²) < 4.78 is 5.40. The molecule has 2 atom stereocenters. The van der Waals surface area contributed by atoms with Crippen LogP contribution in [-0.4, -0.2) is 18.2 Å². The van der Waals surface area contributed by atoms with E-state index in [1.54, 1.807) is 0 Å². The lowest BCUT2D eigenvalue weighted by atomic mass is 10.0. The summed E-state index contributed by atoms with van der Waals surface area (Å²) in [6.45, 7) is 6.24. The number of alkyl carbamates (subject to hydrolysis) is 1. The second-order valence-electron chi connectivity index (χ2n) is 5.93. The SMILES string of the molecule is CC(CC1CC1)NC(=O)OC(C)C1(C)CC1. The van der Waals surface area contributed by atoms with Gasteiger partial charge in [0.1, 0.15) is 6.10 Å². The van der Waals surface area contributed by atoms with Gasteiger partial charge in [0.2, 0.25) is 0 Å². The maximum atomic E-state index is 11.6. The molecular weight excluding hydrogens is 202 g/mol. The first-order chi connectivity index (χ1) is 7.49. The molecule has 2 unspecified atom stereocenters. The molecule has 2 rings (SSSR count). The molecule has 3 heteroatoms. The summed E-state index contributed by atoms with van der Waals surface area (Å²) in [5.41, 5.74) is 0.247.